The van der Waals surface area contributed by atoms with Crippen molar-refractivity contribution < 1.29 is 8.81 Å². The SMILES string of the molecule is CCNCc1ccc(F)c(-c2cc3cc(Cl)ccc3o2)c1. The summed E-state index contributed by atoms with van der Waals surface area (Å²) < 4.78 is 19.8. The zero-order chi connectivity index (χ0) is 14.8. The maximum Gasteiger partial charge on any atom is 0.138 e. The monoisotopic (exact) mass is 303 g/mol. The molecule has 0 spiro atoms. The van der Waals surface area contributed by atoms with Gasteiger partial charge >= 0.3 is 0 Å². The number of fused-ring (bicyclic) bond motifs is 1. The van der Waals surface area contributed by atoms with Crippen LogP contribution in [0, 0.1) is 5.82 Å². The highest BCUT2D eigenvalue weighted by molar-refractivity contribution is 6.31. The third-order valence-corrected chi connectivity index (χ3v) is 3.59. The summed E-state index contributed by atoms with van der Waals surface area (Å²) in [5, 5.41) is 4.73. The highest BCUT2D eigenvalue weighted by Gasteiger charge is 2.12. The quantitative estimate of drug-likeness (QED) is 0.733. The molecule has 0 aliphatic carbocycles. The largest absolute Gasteiger partial charge is 0.456 e. The Bertz CT molecular complexity index is 782. The molecule has 0 aliphatic heterocycles. The van der Waals surface area contributed by atoms with Crippen LogP contribution in [0.25, 0.3) is 22.3 Å². The van der Waals surface area contributed by atoms with E-state index in [2.05, 4.69) is 5.32 Å². The third kappa shape index (κ3) is 2.94. The molecule has 1 N–H and O–H groups in total. The molecule has 0 saturated carbocycles. The maximum atomic E-state index is 14.1. The van der Waals surface area contributed by atoms with Gasteiger partial charge in [0.1, 0.15) is 17.2 Å². The molecule has 0 unspecified atom stereocenters. The molecule has 0 saturated heterocycles. The highest BCUT2D eigenvalue weighted by Crippen LogP contribution is 2.31. The van der Waals surface area contributed by atoms with E-state index in [9.17, 15) is 4.39 Å². The minimum absolute atomic E-state index is 0.291. The molecular weight excluding hydrogens is 289 g/mol. The van der Waals surface area contributed by atoms with Gasteiger partial charge < -0.3 is 9.73 Å². The Kier molecular flexibility index (Phi) is 3.95. The lowest BCUT2D eigenvalue weighted by atomic mass is 10.1. The number of furan rings is 1. The average molecular weight is 304 g/mol. The van der Waals surface area contributed by atoms with Gasteiger partial charge in [-0.05, 0) is 48.5 Å². The van der Waals surface area contributed by atoms with Crippen LogP contribution in [0.15, 0.2) is 46.9 Å². The Morgan fingerprint density at radius 2 is 2.00 bits per heavy atom. The molecule has 0 radical (unpaired) electrons. The first-order valence-corrected chi connectivity index (χ1v) is 7.24. The van der Waals surface area contributed by atoms with E-state index in [0.29, 0.717) is 28.5 Å². The molecule has 1 aromatic heterocycles. The van der Waals surface area contributed by atoms with E-state index in [0.717, 1.165) is 17.5 Å². The van der Waals surface area contributed by atoms with Crippen molar-refractivity contribution in [3.63, 3.8) is 0 Å². The number of hydrogen-bond donors (Lipinski definition) is 1. The van der Waals surface area contributed by atoms with Crippen LogP contribution >= 0.6 is 11.6 Å². The van der Waals surface area contributed by atoms with Crippen molar-refractivity contribution in [3.05, 3.63) is 58.9 Å². The van der Waals surface area contributed by atoms with E-state index in [1.54, 1.807) is 18.2 Å². The van der Waals surface area contributed by atoms with Crippen LogP contribution in [0.5, 0.6) is 0 Å². The van der Waals surface area contributed by atoms with Gasteiger partial charge in [0.15, 0.2) is 0 Å². The number of halogens is 2. The Labute approximate surface area is 127 Å². The van der Waals surface area contributed by atoms with Crippen LogP contribution in [0.2, 0.25) is 5.02 Å². The summed E-state index contributed by atoms with van der Waals surface area (Å²) in [6.45, 7) is 3.61. The average Bonchev–Trinajstić information content (AvgIpc) is 2.89. The molecule has 108 valence electrons. The smallest absolute Gasteiger partial charge is 0.138 e. The van der Waals surface area contributed by atoms with E-state index in [4.69, 9.17) is 16.0 Å². The fourth-order valence-electron chi connectivity index (χ4n) is 2.29. The predicted molar refractivity (Wildman–Crippen MR) is 84.0 cm³/mol. The molecule has 0 amide bonds. The highest BCUT2D eigenvalue weighted by atomic mass is 35.5. The minimum atomic E-state index is -0.291. The summed E-state index contributed by atoms with van der Waals surface area (Å²) in [5.41, 5.74) is 2.19. The molecule has 2 aromatic carbocycles. The van der Waals surface area contributed by atoms with Crippen molar-refractivity contribution >= 4 is 22.6 Å². The summed E-state index contributed by atoms with van der Waals surface area (Å²) in [7, 11) is 0. The number of nitrogens with one attached hydrogen (secondary N) is 1. The van der Waals surface area contributed by atoms with Gasteiger partial charge in [0.2, 0.25) is 0 Å². The zero-order valence-corrected chi connectivity index (χ0v) is 12.4. The fraction of sp³-hybridized carbons (Fsp3) is 0.176. The second-order valence-electron chi connectivity index (χ2n) is 4.89. The lowest BCUT2D eigenvalue weighted by Gasteiger charge is -2.05. The minimum Gasteiger partial charge on any atom is -0.456 e. The second-order valence-corrected chi connectivity index (χ2v) is 5.32. The van der Waals surface area contributed by atoms with Crippen LogP contribution in [-0.2, 0) is 6.54 Å². The van der Waals surface area contributed by atoms with Crippen molar-refractivity contribution in [3.8, 4) is 11.3 Å². The number of benzene rings is 2. The zero-order valence-electron chi connectivity index (χ0n) is 11.6. The first-order valence-electron chi connectivity index (χ1n) is 6.86. The van der Waals surface area contributed by atoms with E-state index < -0.39 is 0 Å². The van der Waals surface area contributed by atoms with Gasteiger partial charge in [0.25, 0.3) is 0 Å². The summed E-state index contributed by atoms with van der Waals surface area (Å²) in [4.78, 5) is 0. The molecule has 0 fully saturated rings. The Morgan fingerprint density at radius 1 is 1.14 bits per heavy atom. The first kappa shape index (κ1) is 14.1. The molecule has 3 aromatic rings. The predicted octanol–water partition coefficient (Wildman–Crippen LogP) is 5.00. The standard InChI is InChI=1S/C17H15ClFNO/c1-2-20-10-11-3-5-15(19)14(7-11)17-9-12-8-13(18)4-6-16(12)21-17/h3-9,20H,2,10H2,1H3. The molecule has 1 heterocycles. The van der Waals surface area contributed by atoms with E-state index in [1.165, 1.54) is 6.07 Å². The molecule has 0 bridgehead atoms. The van der Waals surface area contributed by atoms with Crippen molar-refractivity contribution in [1.29, 1.82) is 0 Å². The van der Waals surface area contributed by atoms with Gasteiger partial charge in [-0.1, -0.05) is 24.6 Å². The van der Waals surface area contributed by atoms with Crippen molar-refractivity contribution in [2.24, 2.45) is 0 Å². The fourth-order valence-corrected chi connectivity index (χ4v) is 2.47. The molecule has 0 aliphatic rings. The van der Waals surface area contributed by atoms with Gasteiger partial charge in [0, 0.05) is 17.0 Å². The molecule has 21 heavy (non-hydrogen) atoms. The molecule has 0 atom stereocenters. The molecule has 3 rings (SSSR count). The van der Waals surface area contributed by atoms with E-state index >= 15 is 0 Å². The van der Waals surface area contributed by atoms with Crippen LogP contribution in [-0.4, -0.2) is 6.54 Å². The summed E-state index contributed by atoms with van der Waals surface area (Å²) >= 11 is 5.96. The van der Waals surface area contributed by atoms with Crippen LogP contribution in [0.4, 0.5) is 4.39 Å². The van der Waals surface area contributed by atoms with E-state index in [-0.39, 0.29) is 5.82 Å². The van der Waals surface area contributed by atoms with Gasteiger partial charge in [-0.25, -0.2) is 4.39 Å². The van der Waals surface area contributed by atoms with Crippen molar-refractivity contribution in [1.82, 2.24) is 5.32 Å². The number of rotatable bonds is 4. The lowest BCUT2D eigenvalue weighted by Crippen LogP contribution is -2.11. The first-order chi connectivity index (χ1) is 10.2. The topological polar surface area (TPSA) is 25.2 Å². The number of hydrogen-bond acceptors (Lipinski definition) is 2. The van der Waals surface area contributed by atoms with E-state index in [1.807, 2.05) is 25.1 Å². The van der Waals surface area contributed by atoms with Gasteiger partial charge in [0.05, 0.1) is 5.56 Å². The van der Waals surface area contributed by atoms with Crippen molar-refractivity contribution in [2.45, 2.75) is 13.5 Å². The maximum absolute atomic E-state index is 14.1. The lowest BCUT2D eigenvalue weighted by molar-refractivity contribution is 0.600. The summed E-state index contributed by atoms with van der Waals surface area (Å²) in [6, 6.07) is 12.2. The summed E-state index contributed by atoms with van der Waals surface area (Å²) in [5.74, 6) is 0.225. The van der Waals surface area contributed by atoms with Crippen molar-refractivity contribution in [2.75, 3.05) is 6.54 Å². The summed E-state index contributed by atoms with van der Waals surface area (Å²) in [6.07, 6.45) is 0. The Balaban J connectivity index is 2.04. The molecule has 2 nitrogen and oxygen atoms in total. The second kappa shape index (κ2) is 5.88. The molecule has 4 heteroatoms. The Morgan fingerprint density at radius 3 is 2.81 bits per heavy atom. The van der Waals surface area contributed by atoms with Gasteiger partial charge in [-0.3, -0.25) is 0 Å². The van der Waals surface area contributed by atoms with Crippen LogP contribution < -0.4 is 5.32 Å². The Hall–Kier alpha value is -1.84. The van der Waals surface area contributed by atoms with Gasteiger partial charge in [-0.15, -0.1) is 0 Å². The molecular formula is C17H15ClFNO. The third-order valence-electron chi connectivity index (χ3n) is 3.35. The van der Waals surface area contributed by atoms with Crippen LogP contribution in [0.3, 0.4) is 0 Å². The van der Waals surface area contributed by atoms with Gasteiger partial charge in [-0.2, -0.15) is 0 Å². The normalized spacial score (nSPS) is 11.2. The van der Waals surface area contributed by atoms with Crippen LogP contribution in [0.1, 0.15) is 12.5 Å².